The van der Waals surface area contributed by atoms with E-state index in [9.17, 15) is 5.11 Å². The molecule has 0 fully saturated rings. The quantitative estimate of drug-likeness (QED) is 0.480. The highest BCUT2D eigenvalue weighted by Gasteiger charge is 2.17. The minimum atomic E-state index is -0.0521. The summed E-state index contributed by atoms with van der Waals surface area (Å²) in [5.74, 6) is 6.81. The summed E-state index contributed by atoms with van der Waals surface area (Å²) in [5.41, 5.74) is 2.49. The smallest absolute Gasteiger partial charge is 0.240 e. The Balaban J connectivity index is 2.46. The minimum absolute atomic E-state index is 0.0521. The Labute approximate surface area is 122 Å². The number of aryl methyl sites for hydroxylation is 1. The minimum Gasteiger partial charge on any atom is -0.394 e. The topological polar surface area (TPSA) is 96.1 Å². The number of nitrogen functional groups attached to an aromatic ring is 1. The molecule has 2 rings (SSSR count). The summed E-state index contributed by atoms with van der Waals surface area (Å²) in [6, 6.07) is 2.04. The Morgan fingerprint density at radius 1 is 1.40 bits per heavy atom. The first-order chi connectivity index (χ1) is 9.58. The number of rotatable bonds is 6. The summed E-state index contributed by atoms with van der Waals surface area (Å²) < 4.78 is 0. The molecule has 0 aliphatic heterocycles. The highest BCUT2D eigenvalue weighted by Crippen LogP contribution is 2.31. The molecule has 7 heteroatoms. The van der Waals surface area contributed by atoms with Crippen LogP contribution in [0.1, 0.15) is 25.6 Å². The fourth-order valence-electron chi connectivity index (χ4n) is 1.92. The first-order valence-corrected chi connectivity index (χ1v) is 7.55. The van der Waals surface area contributed by atoms with Crippen molar-refractivity contribution >= 4 is 33.3 Å². The van der Waals surface area contributed by atoms with Crippen molar-refractivity contribution in [2.75, 3.05) is 17.3 Å². The zero-order chi connectivity index (χ0) is 14.7. The van der Waals surface area contributed by atoms with E-state index in [2.05, 4.69) is 47.5 Å². The highest BCUT2D eigenvalue weighted by molar-refractivity contribution is 7.18. The van der Waals surface area contributed by atoms with Crippen molar-refractivity contribution in [3.63, 3.8) is 0 Å². The van der Waals surface area contributed by atoms with Crippen molar-refractivity contribution in [1.29, 1.82) is 0 Å². The second-order valence-corrected chi connectivity index (χ2v) is 6.12. The Morgan fingerprint density at radius 3 is 2.70 bits per heavy atom. The number of anilines is 2. The Morgan fingerprint density at radius 2 is 2.15 bits per heavy atom. The molecule has 110 valence electrons. The van der Waals surface area contributed by atoms with Gasteiger partial charge in [0.05, 0.1) is 18.0 Å². The maximum absolute atomic E-state index is 9.46. The number of aliphatic hydroxyl groups is 1. The summed E-state index contributed by atoms with van der Waals surface area (Å²) in [4.78, 5) is 10.9. The number of hydrogen-bond donors (Lipinski definition) is 4. The van der Waals surface area contributed by atoms with Gasteiger partial charge < -0.3 is 10.4 Å². The van der Waals surface area contributed by atoms with Gasteiger partial charge in [0, 0.05) is 4.88 Å². The van der Waals surface area contributed by atoms with Crippen LogP contribution in [-0.2, 0) is 6.42 Å². The van der Waals surface area contributed by atoms with Crippen molar-refractivity contribution < 1.29 is 5.11 Å². The predicted octanol–water partition coefficient (Wildman–Crippen LogP) is 1.97. The maximum atomic E-state index is 9.46. The maximum Gasteiger partial charge on any atom is 0.240 e. The van der Waals surface area contributed by atoms with Gasteiger partial charge in [-0.2, -0.15) is 4.98 Å². The van der Waals surface area contributed by atoms with Crippen molar-refractivity contribution in [1.82, 2.24) is 9.97 Å². The highest BCUT2D eigenvalue weighted by atomic mass is 32.1. The molecule has 0 aliphatic carbocycles. The average molecular weight is 295 g/mol. The van der Waals surface area contributed by atoms with E-state index in [0.29, 0.717) is 17.7 Å². The molecule has 2 aromatic heterocycles. The molecule has 5 N–H and O–H groups in total. The Kier molecular flexibility index (Phi) is 4.74. The van der Waals surface area contributed by atoms with E-state index < -0.39 is 0 Å². The van der Waals surface area contributed by atoms with Crippen LogP contribution < -0.4 is 16.6 Å². The van der Waals surface area contributed by atoms with Crippen LogP contribution in [0.5, 0.6) is 0 Å². The largest absolute Gasteiger partial charge is 0.394 e. The van der Waals surface area contributed by atoms with Gasteiger partial charge in [-0.15, -0.1) is 11.3 Å². The molecule has 2 aromatic rings. The molecule has 0 radical (unpaired) electrons. The molecule has 0 amide bonds. The first kappa shape index (κ1) is 15.0. The lowest BCUT2D eigenvalue weighted by atomic mass is 10.1. The summed E-state index contributed by atoms with van der Waals surface area (Å²) in [5, 5.41) is 13.7. The third-order valence-corrected chi connectivity index (χ3v) is 4.42. The van der Waals surface area contributed by atoms with Crippen LogP contribution in [0.3, 0.4) is 0 Å². The lowest BCUT2D eigenvalue weighted by Gasteiger charge is -2.21. The predicted molar refractivity (Wildman–Crippen MR) is 83.9 cm³/mol. The zero-order valence-corrected chi connectivity index (χ0v) is 12.8. The third kappa shape index (κ3) is 3.00. The van der Waals surface area contributed by atoms with E-state index in [4.69, 9.17) is 5.84 Å². The zero-order valence-electron chi connectivity index (χ0n) is 12.0. The van der Waals surface area contributed by atoms with Gasteiger partial charge in [-0.3, -0.25) is 5.43 Å². The molecule has 0 aromatic carbocycles. The standard InChI is InChI=1S/C13H21N5OS/c1-4-8-5-9-11(15-10(6-19)7(2)3)16-13(18-14)17-12(9)20-8/h5,7,10,19H,4,6,14H2,1-3H3,(H2,15,16,17,18). The van der Waals surface area contributed by atoms with Crippen LogP contribution >= 0.6 is 11.3 Å². The molecule has 20 heavy (non-hydrogen) atoms. The monoisotopic (exact) mass is 295 g/mol. The second kappa shape index (κ2) is 6.34. The number of fused-ring (bicyclic) bond motifs is 1. The number of aromatic nitrogens is 2. The number of nitrogens with one attached hydrogen (secondary N) is 2. The van der Waals surface area contributed by atoms with Gasteiger partial charge >= 0.3 is 0 Å². The summed E-state index contributed by atoms with van der Waals surface area (Å²) in [6.07, 6.45) is 0.958. The number of nitrogens with zero attached hydrogens (tertiary/aromatic N) is 2. The van der Waals surface area contributed by atoms with E-state index in [-0.39, 0.29) is 12.6 Å². The SMILES string of the molecule is CCc1cc2c(NC(CO)C(C)C)nc(NN)nc2s1. The second-order valence-electron chi connectivity index (χ2n) is 5.00. The van der Waals surface area contributed by atoms with Crippen molar-refractivity contribution in [3.8, 4) is 0 Å². The summed E-state index contributed by atoms with van der Waals surface area (Å²) in [7, 11) is 0. The van der Waals surface area contributed by atoms with Crippen LogP contribution in [-0.4, -0.2) is 27.7 Å². The van der Waals surface area contributed by atoms with E-state index in [1.807, 2.05) is 0 Å². The number of hydrogen-bond acceptors (Lipinski definition) is 7. The molecule has 0 aliphatic rings. The van der Waals surface area contributed by atoms with Crippen molar-refractivity contribution in [2.45, 2.75) is 33.2 Å². The normalized spacial score (nSPS) is 12.9. The molecule has 2 heterocycles. The third-order valence-electron chi connectivity index (χ3n) is 3.24. The van der Waals surface area contributed by atoms with Crippen LogP contribution in [0.4, 0.5) is 11.8 Å². The van der Waals surface area contributed by atoms with Gasteiger partial charge in [0.25, 0.3) is 0 Å². The molecule has 0 saturated heterocycles. The molecule has 1 unspecified atom stereocenters. The Hall–Kier alpha value is -1.44. The van der Waals surface area contributed by atoms with Crippen molar-refractivity contribution in [2.24, 2.45) is 11.8 Å². The number of thiophene rings is 1. The number of aliphatic hydroxyl groups excluding tert-OH is 1. The van der Waals surface area contributed by atoms with Crippen LogP contribution in [0, 0.1) is 5.92 Å². The van der Waals surface area contributed by atoms with Crippen molar-refractivity contribution in [3.05, 3.63) is 10.9 Å². The molecule has 6 nitrogen and oxygen atoms in total. The van der Waals surface area contributed by atoms with Crippen LogP contribution in [0.25, 0.3) is 10.2 Å². The lowest BCUT2D eigenvalue weighted by Crippen LogP contribution is -2.30. The molecular weight excluding hydrogens is 274 g/mol. The molecule has 0 spiro atoms. The molecule has 1 atom stereocenters. The fraction of sp³-hybridized carbons (Fsp3) is 0.538. The van der Waals surface area contributed by atoms with Gasteiger partial charge in [0.2, 0.25) is 5.95 Å². The Bertz CT molecular complexity index is 583. The fourth-order valence-corrected chi connectivity index (χ4v) is 2.89. The summed E-state index contributed by atoms with van der Waals surface area (Å²) in [6.45, 7) is 6.27. The molecule has 0 bridgehead atoms. The van der Waals surface area contributed by atoms with Gasteiger partial charge in [-0.05, 0) is 18.4 Å². The number of hydrazine groups is 1. The van der Waals surface area contributed by atoms with Crippen LogP contribution in [0.15, 0.2) is 6.07 Å². The van der Waals surface area contributed by atoms with E-state index in [1.54, 1.807) is 11.3 Å². The van der Waals surface area contributed by atoms with E-state index >= 15 is 0 Å². The first-order valence-electron chi connectivity index (χ1n) is 6.73. The summed E-state index contributed by atoms with van der Waals surface area (Å²) >= 11 is 1.63. The van der Waals surface area contributed by atoms with Gasteiger partial charge in [-0.25, -0.2) is 10.8 Å². The number of nitrogens with two attached hydrogens (primary N) is 1. The van der Waals surface area contributed by atoms with Gasteiger partial charge in [0.1, 0.15) is 10.6 Å². The average Bonchev–Trinajstić information content (AvgIpc) is 2.86. The van der Waals surface area contributed by atoms with Gasteiger partial charge in [-0.1, -0.05) is 20.8 Å². The van der Waals surface area contributed by atoms with E-state index in [1.165, 1.54) is 4.88 Å². The lowest BCUT2D eigenvalue weighted by molar-refractivity contribution is 0.249. The van der Waals surface area contributed by atoms with Crippen LogP contribution in [0.2, 0.25) is 0 Å². The van der Waals surface area contributed by atoms with Gasteiger partial charge in [0.15, 0.2) is 0 Å². The molecule has 0 saturated carbocycles. The van der Waals surface area contributed by atoms with E-state index in [0.717, 1.165) is 16.6 Å². The molecular formula is C13H21N5OS.